The monoisotopic (exact) mass is 289 g/mol. The number of carboxylic acids is 1. The molecule has 0 spiro atoms. The Morgan fingerprint density at radius 2 is 1.90 bits per heavy atom. The normalized spacial score (nSPS) is 11.2. The average Bonchev–Trinajstić information content (AvgIpc) is 2.36. The van der Waals surface area contributed by atoms with Crippen LogP contribution in [-0.4, -0.2) is 26.6 Å². The number of carbonyl (C=O) groups is 1. The minimum absolute atomic E-state index is 0.0414. The Labute approximate surface area is 121 Å². The van der Waals surface area contributed by atoms with Gasteiger partial charge in [0.2, 0.25) is 0 Å². The molecule has 110 valence electrons. The van der Waals surface area contributed by atoms with Crippen LogP contribution in [-0.2, 0) is 0 Å². The zero-order valence-electron chi connectivity index (χ0n) is 12.0. The third kappa shape index (κ3) is 3.75. The predicted molar refractivity (Wildman–Crippen MR) is 77.8 cm³/mol. The van der Waals surface area contributed by atoms with Crippen LogP contribution in [0.5, 0.6) is 0 Å². The van der Waals surface area contributed by atoms with Gasteiger partial charge < -0.3 is 10.4 Å². The predicted octanol–water partition coefficient (Wildman–Crippen LogP) is 3.19. The molecule has 21 heavy (non-hydrogen) atoms. The van der Waals surface area contributed by atoms with E-state index in [0.717, 1.165) is 0 Å². The van der Waals surface area contributed by atoms with E-state index in [4.69, 9.17) is 5.11 Å². The van der Waals surface area contributed by atoms with Crippen molar-refractivity contribution < 1.29 is 14.3 Å². The molecule has 0 aliphatic carbocycles. The summed E-state index contributed by atoms with van der Waals surface area (Å²) in [6.07, 6.45) is 0. The van der Waals surface area contributed by atoms with Crippen molar-refractivity contribution in [2.45, 2.75) is 26.3 Å². The molecule has 0 saturated carbocycles. The zero-order valence-corrected chi connectivity index (χ0v) is 12.0. The van der Waals surface area contributed by atoms with Gasteiger partial charge in [-0.1, -0.05) is 12.1 Å². The van der Waals surface area contributed by atoms with E-state index in [1.807, 2.05) is 20.8 Å². The molecular formula is C15H16FN3O2. The van der Waals surface area contributed by atoms with Crippen LogP contribution in [0.2, 0.25) is 0 Å². The van der Waals surface area contributed by atoms with Crippen molar-refractivity contribution in [1.29, 1.82) is 0 Å². The molecule has 1 aromatic heterocycles. The summed E-state index contributed by atoms with van der Waals surface area (Å²) in [5, 5.41) is 12.2. The smallest absolute Gasteiger partial charge is 0.354 e. The number of nitrogens with zero attached hydrogens (tertiary/aromatic N) is 2. The Morgan fingerprint density at radius 3 is 2.48 bits per heavy atom. The number of hydrogen-bond donors (Lipinski definition) is 2. The molecule has 0 aliphatic rings. The second-order valence-electron chi connectivity index (χ2n) is 5.62. The molecule has 0 radical (unpaired) electrons. The number of benzene rings is 1. The maximum absolute atomic E-state index is 13.8. The second kappa shape index (κ2) is 5.47. The molecule has 0 fully saturated rings. The summed E-state index contributed by atoms with van der Waals surface area (Å²) in [6, 6.07) is 7.32. The number of hydrogen-bond acceptors (Lipinski definition) is 4. The Bertz CT molecular complexity index is 681. The summed E-state index contributed by atoms with van der Waals surface area (Å²) in [6.45, 7) is 5.75. The fourth-order valence-corrected chi connectivity index (χ4v) is 1.77. The SMILES string of the molecule is CC(C)(C)Nc1cc(C(=O)O)nc(-c2ccccc2F)n1. The van der Waals surface area contributed by atoms with Gasteiger partial charge in [0.15, 0.2) is 11.5 Å². The van der Waals surface area contributed by atoms with Gasteiger partial charge in [0.25, 0.3) is 0 Å². The summed E-state index contributed by atoms with van der Waals surface area (Å²) in [4.78, 5) is 19.3. The molecule has 0 atom stereocenters. The standard InChI is InChI=1S/C15H16FN3O2/c1-15(2,3)19-12-8-11(14(20)21)17-13(18-12)9-6-4-5-7-10(9)16/h4-8H,1-3H3,(H,20,21)(H,17,18,19). The number of halogens is 1. The van der Waals surface area contributed by atoms with E-state index in [1.54, 1.807) is 12.1 Å². The molecule has 2 aromatic rings. The first kappa shape index (κ1) is 14.9. The highest BCUT2D eigenvalue weighted by Gasteiger charge is 2.17. The number of nitrogens with one attached hydrogen (secondary N) is 1. The lowest BCUT2D eigenvalue weighted by Crippen LogP contribution is -2.27. The van der Waals surface area contributed by atoms with Gasteiger partial charge in [-0.2, -0.15) is 0 Å². The van der Waals surface area contributed by atoms with Crippen LogP contribution in [0, 0.1) is 5.82 Å². The van der Waals surface area contributed by atoms with E-state index in [1.165, 1.54) is 18.2 Å². The maximum atomic E-state index is 13.8. The van der Waals surface area contributed by atoms with Gasteiger partial charge in [0.1, 0.15) is 11.6 Å². The minimum atomic E-state index is -1.19. The first-order valence-corrected chi connectivity index (χ1v) is 6.42. The van der Waals surface area contributed by atoms with Gasteiger partial charge in [0.05, 0.1) is 5.56 Å². The third-order valence-electron chi connectivity index (χ3n) is 2.56. The molecule has 0 aliphatic heterocycles. The van der Waals surface area contributed by atoms with Crippen molar-refractivity contribution in [3.8, 4) is 11.4 Å². The summed E-state index contributed by atoms with van der Waals surface area (Å²) in [5.74, 6) is -1.30. The number of carboxylic acid groups (broad SMARTS) is 1. The second-order valence-corrected chi connectivity index (χ2v) is 5.62. The minimum Gasteiger partial charge on any atom is -0.477 e. The van der Waals surface area contributed by atoms with E-state index in [-0.39, 0.29) is 22.6 Å². The number of aromatic carboxylic acids is 1. The van der Waals surface area contributed by atoms with Crippen LogP contribution in [0.4, 0.5) is 10.2 Å². The van der Waals surface area contributed by atoms with Gasteiger partial charge in [-0.05, 0) is 32.9 Å². The lowest BCUT2D eigenvalue weighted by atomic mass is 10.1. The van der Waals surface area contributed by atoms with Crippen molar-refractivity contribution in [1.82, 2.24) is 9.97 Å². The van der Waals surface area contributed by atoms with Gasteiger partial charge in [-0.3, -0.25) is 0 Å². The molecule has 0 unspecified atom stereocenters. The first-order valence-electron chi connectivity index (χ1n) is 6.42. The lowest BCUT2D eigenvalue weighted by molar-refractivity contribution is 0.0690. The van der Waals surface area contributed by atoms with Gasteiger partial charge in [0, 0.05) is 11.6 Å². The molecule has 2 N–H and O–H groups in total. The number of aromatic nitrogens is 2. The highest BCUT2D eigenvalue weighted by molar-refractivity contribution is 5.87. The summed E-state index contributed by atoms with van der Waals surface area (Å²) in [5.41, 5.74) is -0.330. The van der Waals surface area contributed by atoms with Crippen LogP contribution >= 0.6 is 0 Å². The van der Waals surface area contributed by atoms with E-state index >= 15 is 0 Å². The van der Waals surface area contributed by atoms with Crippen LogP contribution in [0.3, 0.4) is 0 Å². The van der Waals surface area contributed by atoms with Crippen molar-refractivity contribution >= 4 is 11.8 Å². The Morgan fingerprint density at radius 1 is 1.24 bits per heavy atom. The molecular weight excluding hydrogens is 273 g/mol. The topological polar surface area (TPSA) is 75.1 Å². The van der Waals surface area contributed by atoms with Gasteiger partial charge in [-0.15, -0.1) is 0 Å². The van der Waals surface area contributed by atoms with E-state index in [9.17, 15) is 9.18 Å². The zero-order chi connectivity index (χ0) is 15.6. The molecule has 0 amide bonds. The Kier molecular flexibility index (Phi) is 3.88. The molecule has 5 nitrogen and oxygen atoms in total. The van der Waals surface area contributed by atoms with Crippen LogP contribution in [0.15, 0.2) is 30.3 Å². The lowest BCUT2D eigenvalue weighted by Gasteiger charge is -2.21. The fraction of sp³-hybridized carbons (Fsp3) is 0.267. The summed E-state index contributed by atoms with van der Waals surface area (Å²) in [7, 11) is 0. The van der Waals surface area contributed by atoms with Crippen molar-refractivity contribution in [2.75, 3.05) is 5.32 Å². The molecule has 1 aromatic carbocycles. The molecule has 6 heteroatoms. The molecule has 2 rings (SSSR count). The first-order chi connectivity index (χ1) is 9.76. The number of rotatable bonds is 3. The van der Waals surface area contributed by atoms with Gasteiger partial charge >= 0.3 is 5.97 Å². The summed E-state index contributed by atoms with van der Waals surface area (Å²) < 4.78 is 13.8. The van der Waals surface area contributed by atoms with Crippen LogP contribution < -0.4 is 5.32 Å². The van der Waals surface area contributed by atoms with E-state index < -0.39 is 11.8 Å². The van der Waals surface area contributed by atoms with E-state index in [0.29, 0.717) is 5.82 Å². The molecule has 0 bridgehead atoms. The van der Waals surface area contributed by atoms with Crippen molar-refractivity contribution in [3.63, 3.8) is 0 Å². The molecule has 0 saturated heterocycles. The van der Waals surface area contributed by atoms with Crippen LogP contribution in [0.1, 0.15) is 31.3 Å². The van der Waals surface area contributed by atoms with Crippen molar-refractivity contribution in [3.05, 3.63) is 41.8 Å². The quantitative estimate of drug-likeness (QED) is 0.907. The number of anilines is 1. The largest absolute Gasteiger partial charge is 0.477 e. The van der Waals surface area contributed by atoms with Crippen LogP contribution in [0.25, 0.3) is 11.4 Å². The van der Waals surface area contributed by atoms with Gasteiger partial charge in [-0.25, -0.2) is 19.2 Å². The Balaban J connectivity index is 2.56. The Hall–Kier alpha value is -2.50. The average molecular weight is 289 g/mol. The highest BCUT2D eigenvalue weighted by Crippen LogP contribution is 2.22. The third-order valence-corrected chi connectivity index (χ3v) is 2.56. The van der Waals surface area contributed by atoms with Crippen molar-refractivity contribution in [2.24, 2.45) is 0 Å². The summed E-state index contributed by atoms with van der Waals surface area (Å²) >= 11 is 0. The fourth-order valence-electron chi connectivity index (χ4n) is 1.77. The highest BCUT2D eigenvalue weighted by atomic mass is 19.1. The maximum Gasteiger partial charge on any atom is 0.354 e. The van der Waals surface area contributed by atoms with E-state index in [2.05, 4.69) is 15.3 Å². The molecule has 1 heterocycles.